The van der Waals surface area contributed by atoms with Gasteiger partial charge in [-0.05, 0) is 102 Å². The lowest BCUT2D eigenvalue weighted by Gasteiger charge is -2.33. The molecule has 4 heterocycles. The van der Waals surface area contributed by atoms with Crippen molar-refractivity contribution < 1.29 is 13.6 Å². The van der Waals surface area contributed by atoms with Gasteiger partial charge < -0.3 is 18.5 Å². The number of fused-ring (bicyclic) bond motifs is 8. The van der Waals surface area contributed by atoms with Crippen LogP contribution in [0, 0.1) is 0 Å². The van der Waals surface area contributed by atoms with Crippen molar-refractivity contribution in [2.75, 3.05) is 4.90 Å². The van der Waals surface area contributed by atoms with Crippen molar-refractivity contribution in [2.24, 2.45) is 0 Å². The number of aromatic nitrogens is 3. The van der Waals surface area contributed by atoms with Gasteiger partial charge in [-0.25, -0.2) is 15.0 Å². The van der Waals surface area contributed by atoms with Gasteiger partial charge in [0.05, 0.1) is 11.4 Å². The SMILES string of the molecule is C1=CC(c2nc(-c3cccc4oc5ccccc5c34)nc(-c3cccc4oc5ccc(-c6ccc7c(c6)Oc6ccccc6N7c6ccc(-c7ccccc7)cc6)cc5c34)n2)=CCC1. The van der Waals surface area contributed by atoms with E-state index in [1.165, 1.54) is 11.1 Å². The zero-order valence-electron chi connectivity index (χ0n) is 34.4. The fourth-order valence-corrected chi connectivity index (χ4v) is 9.33. The van der Waals surface area contributed by atoms with Crippen LogP contribution in [-0.4, -0.2) is 15.0 Å². The van der Waals surface area contributed by atoms with Gasteiger partial charge in [-0.15, -0.1) is 0 Å². The molecule has 8 aromatic carbocycles. The first-order valence-electron chi connectivity index (χ1n) is 21.6. The van der Waals surface area contributed by atoms with Crippen LogP contribution in [0.4, 0.5) is 17.1 Å². The molecule has 0 fully saturated rings. The van der Waals surface area contributed by atoms with Crippen LogP contribution >= 0.6 is 0 Å². The summed E-state index contributed by atoms with van der Waals surface area (Å²) in [7, 11) is 0. The number of ether oxygens (including phenoxy) is 1. The number of hydrogen-bond acceptors (Lipinski definition) is 7. The molecule has 2 aliphatic rings. The largest absolute Gasteiger partial charge is 0.456 e. The summed E-state index contributed by atoms with van der Waals surface area (Å²) in [6.07, 6.45) is 8.41. The lowest BCUT2D eigenvalue weighted by atomic mass is 9.99. The number of furan rings is 2. The molecule has 0 saturated heterocycles. The Labute approximate surface area is 367 Å². The van der Waals surface area contributed by atoms with E-state index < -0.39 is 0 Å². The summed E-state index contributed by atoms with van der Waals surface area (Å²) in [6.45, 7) is 0. The summed E-state index contributed by atoms with van der Waals surface area (Å²) in [4.78, 5) is 17.9. The minimum Gasteiger partial charge on any atom is -0.456 e. The van der Waals surface area contributed by atoms with Crippen LogP contribution in [-0.2, 0) is 0 Å². The molecule has 13 rings (SSSR count). The van der Waals surface area contributed by atoms with Gasteiger partial charge in [-0.1, -0.05) is 127 Å². The zero-order chi connectivity index (χ0) is 42.1. The van der Waals surface area contributed by atoms with Crippen molar-refractivity contribution in [2.45, 2.75) is 12.8 Å². The van der Waals surface area contributed by atoms with Gasteiger partial charge in [0, 0.05) is 43.9 Å². The predicted molar refractivity (Wildman–Crippen MR) is 257 cm³/mol. The Bertz CT molecular complexity index is 3710. The highest BCUT2D eigenvalue weighted by Crippen LogP contribution is 2.52. The number of nitrogens with zero attached hydrogens (tertiary/aromatic N) is 4. The summed E-state index contributed by atoms with van der Waals surface area (Å²) < 4.78 is 19.5. The molecule has 0 spiro atoms. The fraction of sp³-hybridized carbons (Fsp3) is 0.0351. The normalized spacial score (nSPS) is 13.3. The van der Waals surface area contributed by atoms with E-state index >= 15 is 0 Å². The summed E-state index contributed by atoms with van der Waals surface area (Å²) in [5, 5.41) is 3.91. The lowest BCUT2D eigenvalue weighted by Crippen LogP contribution is -2.15. The molecule has 0 N–H and O–H groups in total. The van der Waals surface area contributed by atoms with E-state index in [1.54, 1.807) is 0 Å². The molecule has 1 aliphatic carbocycles. The maximum absolute atomic E-state index is 6.66. The Hall–Kier alpha value is -8.55. The number of benzene rings is 8. The van der Waals surface area contributed by atoms with Crippen LogP contribution in [0.3, 0.4) is 0 Å². The van der Waals surface area contributed by atoms with E-state index in [0.717, 1.165) is 113 Å². The summed E-state index contributed by atoms with van der Waals surface area (Å²) in [5.41, 5.74) is 13.3. The van der Waals surface area contributed by atoms with Gasteiger partial charge >= 0.3 is 0 Å². The quantitative estimate of drug-likeness (QED) is 0.165. The predicted octanol–water partition coefficient (Wildman–Crippen LogP) is 15.6. The molecule has 7 heteroatoms. The number of hydrogen-bond donors (Lipinski definition) is 0. The van der Waals surface area contributed by atoms with Crippen molar-refractivity contribution >= 4 is 66.5 Å². The third-order valence-electron chi connectivity index (χ3n) is 12.4. The standard InChI is InChI=1S/C57H36N4O3/c1-3-13-35(14-4-1)36-25-29-40(30-26-36)61-45-20-8-10-22-49(45)64-52-34-39(27-31-46(52)61)38-28-32-48-44(33-38)54-43(19-12-24-51(54)63-48)57-59-55(37-15-5-2-6-16-37)58-56(60-57)42-18-11-23-50-53(42)41-17-7-9-21-47(41)62-50/h1,3-5,7-34H,2,6H2. The third-order valence-corrected chi connectivity index (χ3v) is 12.4. The molecule has 7 nitrogen and oxygen atoms in total. The zero-order valence-corrected chi connectivity index (χ0v) is 34.4. The minimum atomic E-state index is 0.570. The Morgan fingerprint density at radius 1 is 0.422 bits per heavy atom. The molecule has 302 valence electrons. The van der Waals surface area contributed by atoms with Gasteiger partial charge in [0.2, 0.25) is 0 Å². The molecule has 0 unspecified atom stereocenters. The molecular formula is C57H36N4O3. The second-order valence-electron chi connectivity index (χ2n) is 16.2. The number of rotatable bonds is 6. The van der Waals surface area contributed by atoms with E-state index in [1.807, 2.05) is 60.7 Å². The Morgan fingerprint density at radius 3 is 1.81 bits per heavy atom. The van der Waals surface area contributed by atoms with Crippen molar-refractivity contribution in [3.8, 4) is 56.5 Å². The molecule has 0 bridgehead atoms. The average Bonchev–Trinajstić information content (AvgIpc) is 3.94. The number of anilines is 3. The van der Waals surface area contributed by atoms with E-state index in [2.05, 4.69) is 138 Å². The second kappa shape index (κ2) is 14.5. The molecule has 0 radical (unpaired) electrons. The summed E-state index contributed by atoms with van der Waals surface area (Å²) >= 11 is 0. The second-order valence-corrected chi connectivity index (χ2v) is 16.2. The summed E-state index contributed by atoms with van der Waals surface area (Å²) in [5.74, 6) is 3.36. The molecule has 1 aliphatic heterocycles. The van der Waals surface area contributed by atoms with Gasteiger partial charge in [0.15, 0.2) is 29.0 Å². The third kappa shape index (κ3) is 5.93. The first-order valence-corrected chi connectivity index (χ1v) is 21.6. The Kier molecular flexibility index (Phi) is 8.21. The highest BCUT2D eigenvalue weighted by molar-refractivity contribution is 6.14. The van der Waals surface area contributed by atoms with Gasteiger partial charge in [0.25, 0.3) is 0 Å². The van der Waals surface area contributed by atoms with Crippen LogP contribution in [0.5, 0.6) is 11.5 Å². The highest BCUT2D eigenvalue weighted by Gasteiger charge is 2.27. The Morgan fingerprint density at radius 2 is 1.03 bits per heavy atom. The van der Waals surface area contributed by atoms with Crippen LogP contribution < -0.4 is 9.64 Å². The molecule has 0 saturated carbocycles. The van der Waals surface area contributed by atoms with Crippen LogP contribution in [0.15, 0.2) is 203 Å². The first-order chi connectivity index (χ1) is 31.7. The maximum Gasteiger partial charge on any atom is 0.164 e. The number of allylic oxidation sites excluding steroid dienone is 4. The topological polar surface area (TPSA) is 77.4 Å². The van der Waals surface area contributed by atoms with Crippen molar-refractivity contribution in [3.63, 3.8) is 0 Å². The van der Waals surface area contributed by atoms with Gasteiger partial charge in [0.1, 0.15) is 22.3 Å². The van der Waals surface area contributed by atoms with Gasteiger partial charge in [-0.3, -0.25) is 0 Å². The van der Waals surface area contributed by atoms with Crippen molar-refractivity contribution in [1.82, 2.24) is 15.0 Å². The maximum atomic E-state index is 6.66. The number of para-hydroxylation sites is 3. The van der Waals surface area contributed by atoms with Crippen molar-refractivity contribution in [3.05, 3.63) is 200 Å². The summed E-state index contributed by atoms with van der Waals surface area (Å²) in [6, 6.07) is 60.5. The lowest BCUT2D eigenvalue weighted by molar-refractivity contribution is 0.477. The van der Waals surface area contributed by atoms with E-state index in [9.17, 15) is 0 Å². The van der Waals surface area contributed by atoms with E-state index in [4.69, 9.17) is 28.5 Å². The Balaban J connectivity index is 0.935. The molecule has 11 aromatic rings. The smallest absolute Gasteiger partial charge is 0.164 e. The van der Waals surface area contributed by atoms with E-state index in [0.29, 0.717) is 17.5 Å². The van der Waals surface area contributed by atoms with Gasteiger partial charge in [-0.2, -0.15) is 0 Å². The average molecular weight is 825 g/mol. The minimum absolute atomic E-state index is 0.570. The monoisotopic (exact) mass is 824 g/mol. The van der Waals surface area contributed by atoms with Crippen LogP contribution in [0.2, 0.25) is 0 Å². The molecule has 0 atom stereocenters. The molecule has 3 aromatic heterocycles. The first kappa shape index (κ1) is 36.1. The van der Waals surface area contributed by atoms with E-state index in [-0.39, 0.29) is 0 Å². The van der Waals surface area contributed by atoms with Crippen molar-refractivity contribution in [1.29, 1.82) is 0 Å². The van der Waals surface area contributed by atoms with Crippen LogP contribution in [0.25, 0.3) is 94.5 Å². The molecule has 64 heavy (non-hydrogen) atoms. The van der Waals surface area contributed by atoms with Crippen LogP contribution in [0.1, 0.15) is 18.7 Å². The fourth-order valence-electron chi connectivity index (χ4n) is 9.33. The molecule has 0 amide bonds. The highest BCUT2D eigenvalue weighted by atomic mass is 16.5. The molecular weight excluding hydrogens is 789 g/mol.